The molecule has 0 spiro atoms. The van der Waals surface area contributed by atoms with Crippen LogP contribution in [0.3, 0.4) is 0 Å². The van der Waals surface area contributed by atoms with Gasteiger partial charge in [0.1, 0.15) is 5.75 Å². The van der Waals surface area contributed by atoms with Crippen molar-refractivity contribution in [1.82, 2.24) is 15.5 Å². The van der Waals surface area contributed by atoms with Gasteiger partial charge in [-0.1, -0.05) is 38.3 Å². The second-order valence-corrected chi connectivity index (χ2v) is 8.59. The van der Waals surface area contributed by atoms with Crippen LogP contribution in [0.25, 0.3) is 0 Å². The molecule has 1 amide bonds. The van der Waals surface area contributed by atoms with Crippen molar-refractivity contribution in [3.05, 3.63) is 29.8 Å². The van der Waals surface area contributed by atoms with Gasteiger partial charge in [0.25, 0.3) is 0 Å². The number of benzene rings is 1. The number of ether oxygens (including phenoxy) is 1. The SMILES string of the molecule is CCNC(=NCC1(c2ccc(OC)cc2)CCCCC1)NC1CCN(C(=O)CC)C1. The average Bonchev–Trinajstić information content (AvgIpc) is 3.26. The van der Waals surface area contributed by atoms with Crippen LogP contribution in [0, 0.1) is 0 Å². The lowest BCUT2D eigenvalue weighted by molar-refractivity contribution is -0.129. The molecule has 2 aliphatic rings. The van der Waals surface area contributed by atoms with E-state index in [1.807, 2.05) is 11.8 Å². The molecule has 0 bridgehead atoms. The number of methoxy groups -OCH3 is 1. The highest BCUT2D eigenvalue weighted by molar-refractivity contribution is 5.80. The molecule has 2 fully saturated rings. The average molecular weight is 415 g/mol. The van der Waals surface area contributed by atoms with Crippen molar-refractivity contribution in [3.63, 3.8) is 0 Å². The highest BCUT2D eigenvalue weighted by Gasteiger charge is 2.34. The first kappa shape index (κ1) is 22.4. The van der Waals surface area contributed by atoms with Crippen LogP contribution in [-0.4, -0.2) is 56.1 Å². The van der Waals surface area contributed by atoms with E-state index in [0.29, 0.717) is 6.42 Å². The molecule has 6 heteroatoms. The Bertz CT molecular complexity index is 710. The van der Waals surface area contributed by atoms with Crippen molar-refractivity contribution >= 4 is 11.9 Å². The fourth-order valence-corrected chi connectivity index (χ4v) is 4.78. The fourth-order valence-electron chi connectivity index (χ4n) is 4.78. The van der Waals surface area contributed by atoms with E-state index in [1.165, 1.54) is 37.7 Å². The van der Waals surface area contributed by atoms with Crippen molar-refractivity contribution in [1.29, 1.82) is 0 Å². The Morgan fingerprint density at radius 1 is 1.20 bits per heavy atom. The van der Waals surface area contributed by atoms with Gasteiger partial charge >= 0.3 is 0 Å². The fraction of sp³-hybridized carbons (Fsp3) is 0.667. The monoisotopic (exact) mass is 414 g/mol. The predicted molar refractivity (Wildman–Crippen MR) is 122 cm³/mol. The number of carbonyl (C=O) groups excluding carboxylic acids is 1. The normalized spacial score (nSPS) is 21.4. The summed E-state index contributed by atoms with van der Waals surface area (Å²) in [6.07, 6.45) is 7.70. The molecule has 1 aliphatic heterocycles. The van der Waals surface area contributed by atoms with Gasteiger partial charge in [-0.2, -0.15) is 0 Å². The van der Waals surface area contributed by atoms with Crippen LogP contribution < -0.4 is 15.4 Å². The number of rotatable bonds is 7. The number of hydrogen-bond donors (Lipinski definition) is 2. The Hall–Kier alpha value is -2.24. The molecule has 166 valence electrons. The van der Waals surface area contributed by atoms with Crippen molar-refractivity contribution in [2.45, 2.75) is 70.3 Å². The van der Waals surface area contributed by atoms with Crippen LogP contribution >= 0.6 is 0 Å². The molecular formula is C24H38N4O2. The molecule has 0 aromatic heterocycles. The summed E-state index contributed by atoms with van der Waals surface area (Å²) in [5, 5.41) is 6.99. The zero-order valence-corrected chi connectivity index (χ0v) is 18.9. The Kier molecular flexibility index (Phi) is 8.00. The minimum atomic E-state index is 0.0900. The third-order valence-corrected chi connectivity index (χ3v) is 6.58. The molecule has 1 aliphatic carbocycles. The van der Waals surface area contributed by atoms with Gasteiger partial charge in [0.15, 0.2) is 5.96 Å². The molecule has 1 atom stereocenters. The van der Waals surface area contributed by atoms with E-state index in [1.54, 1.807) is 7.11 Å². The summed E-state index contributed by atoms with van der Waals surface area (Å²) in [5.41, 5.74) is 1.45. The maximum absolute atomic E-state index is 12.0. The molecule has 6 nitrogen and oxygen atoms in total. The van der Waals surface area contributed by atoms with Crippen LogP contribution in [0.15, 0.2) is 29.3 Å². The summed E-state index contributed by atoms with van der Waals surface area (Å²) in [4.78, 5) is 19.0. The Morgan fingerprint density at radius 3 is 2.57 bits per heavy atom. The summed E-state index contributed by atoms with van der Waals surface area (Å²) in [6.45, 7) is 7.22. The van der Waals surface area contributed by atoms with Crippen molar-refractivity contribution < 1.29 is 9.53 Å². The third kappa shape index (κ3) is 5.46. The number of likely N-dealkylation sites (tertiary alicyclic amines) is 1. The van der Waals surface area contributed by atoms with Gasteiger partial charge in [-0.25, -0.2) is 0 Å². The van der Waals surface area contributed by atoms with Crippen LogP contribution in [0.4, 0.5) is 0 Å². The number of hydrogen-bond acceptors (Lipinski definition) is 3. The maximum Gasteiger partial charge on any atom is 0.222 e. The highest BCUT2D eigenvalue weighted by Crippen LogP contribution is 2.40. The predicted octanol–water partition coefficient (Wildman–Crippen LogP) is 3.46. The van der Waals surface area contributed by atoms with Crippen molar-refractivity contribution in [2.24, 2.45) is 4.99 Å². The zero-order valence-electron chi connectivity index (χ0n) is 18.9. The number of amides is 1. The van der Waals surface area contributed by atoms with Gasteiger partial charge in [0, 0.05) is 37.5 Å². The summed E-state index contributed by atoms with van der Waals surface area (Å²) >= 11 is 0. The standard InChI is InChI=1S/C24H38N4O2/c1-4-22(29)28-16-13-20(17-28)27-23(25-5-2)26-18-24(14-7-6-8-15-24)19-9-11-21(30-3)12-10-19/h9-12,20H,4-8,13-18H2,1-3H3,(H2,25,26,27). The summed E-state index contributed by atoms with van der Waals surface area (Å²) in [7, 11) is 1.71. The molecule has 2 N–H and O–H groups in total. The van der Waals surface area contributed by atoms with Crippen LogP contribution in [0.5, 0.6) is 5.75 Å². The van der Waals surface area contributed by atoms with E-state index in [9.17, 15) is 4.79 Å². The molecule has 1 aromatic carbocycles. The van der Waals surface area contributed by atoms with E-state index >= 15 is 0 Å². The first-order valence-electron chi connectivity index (χ1n) is 11.6. The first-order chi connectivity index (χ1) is 14.6. The van der Waals surface area contributed by atoms with E-state index in [0.717, 1.165) is 44.3 Å². The number of carbonyl (C=O) groups is 1. The van der Waals surface area contributed by atoms with Crippen molar-refractivity contribution in [3.8, 4) is 5.75 Å². The Balaban J connectivity index is 1.72. The maximum atomic E-state index is 12.0. The summed E-state index contributed by atoms with van der Waals surface area (Å²) in [6, 6.07) is 8.82. The highest BCUT2D eigenvalue weighted by atomic mass is 16.5. The second-order valence-electron chi connectivity index (χ2n) is 8.59. The largest absolute Gasteiger partial charge is 0.497 e. The molecule has 1 unspecified atom stereocenters. The molecule has 0 radical (unpaired) electrons. The van der Waals surface area contributed by atoms with Crippen LogP contribution in [0.2, 0.25) is 0 Å². The van der Waals surface area contributed by atoms with E-state index in [2.05, 4.69) is 41.8 Å². The Labute approximate surface area is 181 Å². The topological polar surface area (TPSA) is 66.0 Å². The van der Waals surface area contributed by atoms with Gasteiger partial charge in [0.2, 0.25) is 5.91 Å². The molecule has 1 saturated carbocycles. The van der Waals surface area contributed by atoms with Gasteiger partial charge in [-0.05, 0) is 43.9 Å². The molecule has 1 saturated heterocycles. The van der Waals surface area contributed by atoms with Gasteiger partial charge in [-0.3, -0.25) is 9.79 Å². The minimum absolute atomic E-state index is 0.0900. The first-order valence-corrected chi connectivity index (χ1v) is 11.6. The van der Waals surface area contributed by atoms with Crippen molar-refractivity contribution in [2.75, 3.05) is 33.3 Å². The van der Waals surface area contributed by atoms with Gasteiger partial charge in [0.05, 0.1) is 13.7 Å². The molecular weight excluding hydrogens is 376 g/mol. The molecule has 30 heavy (non-hydrogen) atoms. The lowest BCUT2D eigenvalue weighted by atomic mass is 9.69. The van der Waals surface area contributed by atoms with E-state index in [-0.39, 0.29) is 17.4 Å². The smallest absolute Gasteiger partial charge is 0.222 e. The molecule has 1 aromatic rings. The third-order valence-electron chi connectivity index (χ3n) is 6.58. The number of nitrogens with zero attached hydrogens (tertiary/aromatic N) is 2. The zero-order chi connectivity index (χ0) is 21.4. The lowest BCUT2D eigenvalue weighted by Gasteiger charge is -2.37. The summed E-state index contributed by atoms with van der Waals surface area (Å²) < 4.78 is 5.35. The number of aliphatic imine (C=N–C) groups is 1. The minimum Gasteiger partial charge on any atom is -0.497 e. The van der Waals surface area contributed by atoms with Gasteiger partial charge in [-0.15, -0.1) is 0 Å². The molecule has 3 rings (SSSR count). The second kappa shape index (κ2) is 10.7. The van der Waals surface area contributed by atoms with Crippen LogP contribution in [-0.2, 0) is 10.2 Å². The lowest BCUT2D eigenvalue weighted by Crippen LogP contribution is -2.46. The molecule has 1 heterocycles. The number of nitrogens with one attached hydrogen (secondary N) is 2. The quantitative estimate of drug-likeness (QED) is 0.530. The van der Waals surface area contributed by atoms with E-state index in [4.69, 9.17) is 9.73 Å². The Morgan fingerprint density at radius 2 is 1.93 bits per heavy atom. The van der Waals surface area contributed by atoms with Crippen LogP contribution in [0.1, 0.15) is 64.4 Å². The number of guanidine groups is 1. The summed E-state index contributed by atoms with van der Waals surface area (Å²) in [5.74, 6) is 2.00. The van der Waals surface area contributed by atoms with E-state index < -0.39 is 0 Å². The van der Waals surface area contributed by atoms with Gasteiger partial charge < -0.3 is 20.3 Å².